The fourth-order valence-electron chi connectivity index (χ4n) is 3.85. The fourth-order valence-corrected chi connectivity index (χ4v) is 5.32. The first kappa shape index (κ1) is 31.8. The maximum absolute atomic E-state index is 13.5. The smallest absolute Gasteiger partial charge is 0.247 e. The van der Waals surface area contributed by atoms with E-state index < -0.39 is 33.7 Å². The van der Waals surface area contributed by atoms with E-state index in [0.29, 0.717) is 19.4 Å². The van der Waals surface area contributed by atoms with Crippen LogP contribution in [0.2, 0.25) is 0 Å². The molecule has 0 spiro atoms. The second-order valence-corrected chi connectivity index (χ2v) is 12.3. The van der Waals surface area contributed by atoms with Gasteiger partial charge in [-0.3, -0.25) is 20.2 Å². The summed E-state index contributed by atoms with van der Waals surface area (Å²) in [6, 6.07) is 9.53. The van der Waals surface area contributed by atoms with E-state index in [1.165, 1.54) is 0 Å². The van der Waals surface area contributed by atoms with Gasteiger partial charge >= 0.3 is 0 Å². The number of hydrogen-bond donors (Lipinski definition) is 3. The predicted octanol–water partition coefficient (Wildman–Crippen LogP) is 3.14. The summed E-state index contributed by atoms with van der Waals surface area (Å²) >= 11 is 0. The molecule has 2 amide bonds. The maximum atomic E-state index is 13.5. The van der Waals surface area contributed by atoms with Gasteiger partial charge in [-0.1, -0.05) is 70.2 Å². The van der Waals surface area contributed by atoms with Crippen LogP contribution in [0.1, 0.15) is 52.5 Å². The number of hydrogen-bond acceptors (Lipinski definition) is 6. The Hall–Kier alpha value is -2.27. The minimum Gasteiger partial charge on any atom is -0.309 e. The van der Waals surface area contributed by atoms with Gasteiger partial charge in [-0.05, 0) is 57.3 Å². The molecular weight excluding hydrogens is 480 g/mol. The Balaban J connectivity index is 3.17. The number of amides is 2. The summed E-state index contributed by atoms with van der Waals surface area (Å²) in [6.45, 7) is 8.32. The highest BCUT2D eigenvalue weighted by atomic mass is 32.2. The molecule has 9 nitrogen and oxygen atoms in total. The molecule has 0 aromatic heterocycles. The summed E-state index contributed by atoms with van der Waals surface area (Å²) < 4.78 is 27.2. The largest absolute Gasteiger partial charge is 0.309 e. The molecule has 1 aromatic carbocycles. The fraction of sp³-hybridized carbons (Fsp3) is 0.615. The number of sulfonamides is 1. The van der Waals surface area contributed by atoms with Crippen LogP contribution in [0.15, 0.2) is 36.4 Å². The highest BCUT2D eigenvalue weighted by Crippen LogP contribution is 2.26. The van der Waals surface area contributed by atoms with E-state index in [-0.39, 0.29) is 30.6 Å². The number of rotatable bonds is 16. The molecule has 0 aliphatic carbocycles. The lowest BCUT2D eigenvalue weighted by Gasteiger charge is -2.30. The lowest BCUT2D eigenvalue weighted by atomic mass is 9.82. The summed E-state index contributed by atoms with van der Waals surface area (Å²) in [6.07, 6.45) is 4.61. The first-order chi connectivity index (χ1) is 16.9. The molecule has 1 aromatic rings. The predicted molar refractivity (Wildman–Crippen MR) is 143 cm³/mol. The van der Waals surface area contributed by atoms with Gasteiger partial charge in [0.15, 0.2) is 0 Å². The SMILES string of the molecule is CC(C)C[C@@H](C(=O)NN(CC(C)C)S(=O)(=O)CCCN(C)C)[C@H](CC=Cc1ccccc1)C(=O)NO. The van der Waals surface area contributed by atoms with Crippen molar-refractivity contribution in [1.82, 2.24) is 20.2 Å². The quantitative estimate of drug-likeness (QED) is 0.226. The number of benzene rings is 1. The van der Waals surface area contributed by atoms with Crippen molar-refractivity contribution < 1.29 is 23.2 Å². The third-order valence-electron chi connectivity index (χ3n) is 5.60. The molecule has 36 heavy (non-hydrogen) atoms. The average Bonchev–Trinajstić information content (AvgIpc) is 2.79. The van der Waals surface area contributed by atoms with Crippen molar-refractivity contribution in [2.45, 2.75) is 47.0 Å². The van der Waals surface area contributed by atoms with Crippen molar-refractivity contribution in [3.63, 3.8) is 0 Å². The lowest BCUT2D eigenvalue weighted by molar-refractivity contribution is -0.141. The van der Waals surface area contributed by atoms with Crippen molar-refractivity contribution >= 4 is 27.9 Å². The molecule has 0 saturated carbocycles. The van der Waals surface area contributed by atoms with Gasteiger partial charge in [-0.2, -0.15) is 0 Å². The van der Waals surface area contributed by atoms with Crippen molar-refractivity contribution in [2.75, 3.05) is 32.9 Å². The number of allylic oxidation sites excluding steroid dienone is 1. The molecule has 3 N–H and O–H groups in total. The summed E-state index contributed by atoms with van der Waals surface area (Å²) in [5.41, 5.74) is 5.24. The Morgan fingerprint density at radius 3 is 2.17 bits per heavy atom. The van der Waals surface area contributed by atoms with Crippen molar-refractivity contribution in [1.29, 1.82) is 0 Å². The summed E-state index contributed by atoms with van der Waals surface area (Å²) in [4.78, 5) is 28.0. The van der Waals surface area contributed by atoms with Crippen LogP contribution in [-0.2, 0) is 19.6 Å². The molecular formula is C26H44N4O5S. The Morgan fingerprint density at radius 2 is 1.64 bits per heavy atom. The minimum atomic E-state index is -3.76. The Bertz CT molecular complexity index is 933. The van der Waals surface area contributed by atoms with E-state index in [4.69, 9.17) is 0 Å². The van der Waals surface area contributed by atoms with Crippen LogP contribution in [0, 0.1) is 23.7 Å². The summed E-state index contributed by atoms with van der Waals surface area (Å²) in [5, 5.41) is 9.39. The third-order valence-corrected chi connectivity index (χ3v) is 7.32. The van der Waals surface area contributed by atoms with E-state index in [1.54, 1.807) is 11.6 Å². The number of nitrogens with one attached hydrogen (secondary N) is 2. The van der Waals surface area contributed by atoms with Crippen molar-refractivity contribution in [3.8, 4) is 0 Å². The number of carbonyl (C=O) groups excluding carboxylic acids is 2. The van der Waals surface area contributed by atoms with E-state index in [9.17, 15) is 23.2 Å². The number of hydrazine groups is 1. The van der Waals surface area contributed by atoms with E-state index in [0.717, 1.165) is 9.98 Å². The van der Waals surface area contributed by atoms with Gasteiger partial charge in [0.1, 0.15) is 0 Å². The zero-order valence-corrected chi connectivity index (χ0v) is 23.3. The molecule has 1 rings (SSSR count). The number of hydroxylamine groups is 1. The molecule has 204 valence electrons. The Morgan fingerprint density at radius 1 is 1.00 bits per heavy atom. The van der Waals surface area contributed by atoms with E-state index in [1.807, 2.05) is 83.1 Å². The summed E-state index contributed by atoms with van der Waals surface area (Å²) in [5.74, 6) is -3.03. The van der Waals surface area contributed by atoms with Gasteiger partial charge < -0.3 is 4.90 Å². The monoisotopic (exact) mass is 524 g/mol. The molecule has 0 fully saturated rings. The third kappa shape index (κ3) is 11.6. The van der Waals surface area contributed by atoms with Crippen LogP contribution in [0.25, 0.3) is 6.08 Å². The first-order valence-corrected chi connectivity index (χ1v) is 14.1. The second-order valence-electron chi connectivity index (χ2n) is 10.2. The van der Waals surface area contributed by atoms with Gasteiger partial charge in [0.25, 0.3) is 0 Å². The van der Waals surface area contributed by atoms with Crippen LogP contribution >= 0.6 is 0 Å². The Kier molecular flexibility index (Phi) is 13.9. The van der Waals surface area contributed by atoms with Gasteiger partial charge in [-0.25, -0.2) is 13.9 Å². The normalized spacial score (nSPS) is 14.1. The van der Waals surface area contributed by atoms with Crippen LogP contribution in [-0.4, -0.2) is 67.7 Å². The standard InChI is InChI=1S/C26H44N4O5S/c1-20(2)18-24(23(26(32)28-33)15-10-14-22-12-8-7-9-13-22)25(31)27-30(19-21(3)4)36(34,35)17-11-16-29(5)6/h7-10,12-14,20-21,23-24,33H,11,15-19H2,1-6H3,(H,27,31)(H,28,32)/t23-,24+/m0/s1. The lowest BCUT2D eigenvalue weighted by Crippen LogP contribution is -2.52. The molecule has 0 aliphatic rings. The van der Waals surface area contributed by atoms with Crippen LogP contribution in [0.3, 0.4) is 0 Å². The Labute approximate surface area is 216 Å². The highest BCUT2D eigenvalue weighted by Gasteiger charge is 2.36. The van der Waals surface area contributed by atoms with Crippen LogP contribution < -0.4 is 10.9 Å². The van der Waals surface area contributed by atoms with Crippen molar-refractivity contribution in [3.05, 3.63) is 42.0 Å². The van der Waals surface area contributed by atoms with E-state index in [2.05, 4.69) is 5.43 Å². The van der Waals surface area contributed by atoms with E-state index >= 15 is 0 Å². The van der Waals surface area contributed by atoms with Gasteiger partial charge in [0.05, 0.1) is 17.6 Å². The van der Waals surface area contributed by atoms with Gasteiger partial charge in [0.2, 0.25) is 21.8 Å². The molecule has 0 heterocycles. The highest BCUT2D eigenvalue weighted by molar-refractivity contribution is 7.89. The van der Waals surface area contributed by atoms with Crippen LogP contribution in [0.4, 0.5) is 0 Å². The first-order valence-electron chi connectivity index (χ1n) is 12.5. The van der Waals surface area contributed by atoms with Crippen LogP contribution in [0.5, 0.6) is 0 Å². The average molecular weight is 525 g/mol. The van der Waals surface area contributed by atoms with Gasteiger partial charge in [0, 0.05) is 6.54 Å². The molecule has 0 unspecified atom stereocenters. The molecule has 2 atom stereocenters. The van der Waals surface area contributed by atoms with Gasteiger partial charge in [-0.15, -0.1) is 4.41 Å². The maximum Gasteiger partial charge on any atom is 0.247 e. The van der Waals surface area contributed by atoms with Crippen molar-refractivity contribution in [2.24, 2.45) is 23.7 Å². The molecule has 0 radical (unpaired) electrons. The zero-order chi connectivity index (χ0) is 27.3. The summed E-state index contributed by atoms with van der Waals surface area (Å²) in [7, 11) is -0.0230. The molecule has 10 heteroatoms. The minimum absolute atomic E-state index is 0.0252. The number of carbonyl (C=O) groups is 2. The number of nitrogens with zero attached hydrogens (tertiary/aromatic N) is 2. The zero-order valence-electron chi connectivity index (χ0n) is 22.5. The molecule has 0 bridgehead atoms. The molecule has 0 saturated heterocycles. The topological polar surface area (TPSA) is 119 Å². The second kappa shape index (κ2) is 15.8. The molecule has 0 aliphatic heterocycles.